The summed E-state index contributed by atoms with van der Waals surface area (Å²) in [5.41, 5.74) is 8.62. The molecule has 1 aliphatic rings. The maximum Gasteiger partial charge on any atom is 0.0742 e. The van der Waals surface area contributed by atoms with Gasteiger partial charge < -0.3 is 0 Å². The minimum Gasteiger partial charge on any atom is -0.257 e. The molecule has 3 aromatic heterocycles. The van der Waals surface area contributed by atoms with Gasteiger partial charge in [0.25, 0.3) is 0 Å². The van der Waals surface area contributed by atoms with Crippen LogP contribution >= 0.6 is 0 Å². The molecule has 0 atom stereocenters. The standard InChI is InChI=1S/C21H21N3/c1-13(2)19-12-22-24-10-9-17(11-21(19)24)14(3)18-7-8-20(16-5-6-16)23-15(18)4/h7-12,16H,1,3,5-6H2,2,4H3. The summed E-state index contributed by atoms with van der Waals surface area (Å²) >= 11 is 0. The largest absolute Gasteiger partial charge is 0.257 e. The average molecular weight is 315 g/mol. The fraction of sp³-hybridized carbons (Fsp3) is 0.238. The van der Waals surface area contributed by atoms with Crippen molar-refractivity contribution in [2.45, 2.75) is 32.6 Å². The second-order valence-electron chi connectivity index (χ2n) is 6.71. The van der Waals surface area contributed by atoms with Crippen LogP contribution in [0.5, 0.6) is 0 Å². The number of nitrogens with zero attached hydrogens (tertiary/aromatic N) is 3. The highest BCUT2D eigenvalue weighted by molar-refractivity contribution is 5.83. The second kappa shape index (κ2) is 5.45. The molecule has 3 aromatic rings. The van der Waals surface area contributed by atoms with E-state index in [1.165, 1.54) is 18.5 Å². The number of allylic oxidation sites excluding steroid dienone is 1. The molecule has 0 amide bonds. The third kappa shape index (κ3) is 2.46. The topological polar surface area (TPSA) is 30.2 Å². The molecule has 24 heavy (non-hydrogen) atoms. The van der Waals surface area contributed by atoms with Gasteiger partial charge in [-0.05, 0) is 61.6 Å². The smallest absolute Gasteiger partial charge is 0.0742 e. The molecule has 120 valence electrons. The first-order valence-corrected chi connectivity index (χ1v) is 8.35. The maximum absolute atomic E-state index is 4.79. The van der Waals surface area contributed by atoms with Gasteiger partial charge in [0.2, 0.25) is 0 Å². The summed E-state index contributed by atoms with van der Waals surface area (Å²) in [5.74, 6) is 0.673. The Morgan fingerprint density at radius 2 is 1.96 bits per heavy atom. The Hall–Kier alpha value is -2.68. The number of rotatable bonds is 4. The third-order valence-electron chi connectivity index (χ3n) is 4.76. The van der Waals surface area contributed by atoms with E-state index in [1.54, 1.807) is 0 Å². The van der Waals surface area contributed by atoms with E-state index in [4.69, 9.17) is 4.98 Å². The van der Waals surface area contributed by atoms with E-state index in [-0.39, 0.29) is 0 Å². The Morgan fingerprint density at radius 1 is 1.17 bits per heavy atom. The van der Waals surface area contributed by atoms with Gasteiger partial charge in [0.15, 0.2) is 0 Å². The van der Waals surface area contributed by atoms with Crippen molar-refractivity contribution in [3.8, 4) is 0 Å². The fourth-order valence-electron chi connectivity index (χ4n) is 3.16. The first-order chi connectivity index (χ1) is 11.5. The van der Waals surface area contributed by atoms with Gasteiger partial charge in [-0.2, -0.15) is 5.10 Å². The monoisotopic (exact) mass is 315 g/mol. The van der Waals surface area contributed by atoms with Crippen LogP contribution in [-0.4, -0.2) is 14.6 Å². The highest BCUT2D eigenvalue weighted by Gasteiger charge is 2.25. The molecule has 4 rings (SSSR count). The van der Waals surface area contributed by atoms with Gasteiger partial charge in [0, 0.05) is 34.6 Å². The van der Waals surface area contributed by atoms with Crippen LogP contribution in [0.15, 0.2) is 49.8 Å². The highest BCUT2D eigenvalue weighted by atomic mass is 15.2. The molecule has 0 radical (unpaired) electrons. The van der Waals surface area contributed by atoms with Crippen molar-refractivity contribution in [3.63, 3.8) is 0 Å². The summed E-state index contributed by atoms with van der Waals surface area (Å²) in [7, 11) is 0. The van der Waals surface area contributed by atoms with Gasteiger partial charge >= 0.3 is 0 Å². The first kappa shape index (κ1) is 14.9. The summed E-state index contributed by atoms with van der Waals surface area (Å²) in [4.78, 5) is 4.79. The number of aromatic nitrogens is 3. The lowest BCUT2D eigenvalue weighted by atomic mass is 9.97. The van der Waals surface area contributed by atoms with Crippen LogP contribution in [0.3, 0.4) is 0 Å². The van der Waals surface area contributed by atoms with Gasteiger partial charge in [0.05, 0.1) is 11.7 Å². The van der Waals surface area contributed by atoms with Crippen LogP contribution in [0, 0.1) is 6.92 Å². The minimum atomic E-state index is 0.673. The van der Waals surface area contributed by atoms with Gasteiger partial charge in [0.1, 0.15) is 0 Å². The van der Waals surface area contributed by atoms with Crippen molar-refractivity contribution in [1.82, 2.24) is 14.6 Å². The van der Waals surface area contributed by atoms with Crippen LogP contribution in [0.2, 0.25) is 0 Å². The molecule has 3 heterocycles. The minimum absolute atomic E-state index is 0.673. The van der Waals surface area contributed by atoms with Gasteiger partial charge in [-0.3, -0.25) is 4.98 Å². The summed E-state index contributed by atoms with van der Waals surface area (Å²) in [6, 6.07) is 8.51. The Labute approximate surface area is 142 Å². The van der Waals surface area contributed by atoms with Crippen molar-refractivity contribution in [2.75, 3.05) is 0 Å². The van der Waals surface area contributed by atoms with Crippen molar-refractivity contribution in [3.05, 3.63) is 77.9 Å². The van der Waals surface area contributed by atoms with E-state index < -0.39 is 0 Å². The zero-order chi connectivity index (χ0) is 16.8. The van der Waals surface area contributed by atoms with Crippen LogP contribution in [0.25, 0.3) is 16.7 Å². The van der Waals surface area contributed by atoms with Gasteiger partial charge in [-0.1, -0.05) is 19.2 Å². The molecule has 0 aliphatic heterocycles. The molecule has 0 N–H and O–H groups in total. The van der Waals surface area contributed by atoms with E-state index in [9.17, 15) is 0 Å². The fourth-order valence-corrected chi connectivity index (χ4v) is 3.16. The molecule has 0 aromatic carbocycles. The molecule has 0 unspecified atom stereocenters. The molecule has 3 nitrogen and oxygen atoms in total. The first-order valence-electron chi connectivity index (χ1n) is 8.35. The Kier molecular flexibility index (Phi) is 3.38. The highest BCUT2D eigenvalue weighted by Crippen LogP contribution is 2.39. The van der Waals surface area contributed by atoms with E-state index in [0.29, 0.717) is 5.92 Å². The number of fused-ring (bicyclic) bond motifs is 1. The Bertz CT molecular complexity index is 974. The van der Waals surface area contributed by atoms with Crippen molar-refractivity contribution in [1.29, 1.82) is 0 Å². The summed E-state index contributed by atoms with van der Waals surface area (Å²) in [6.07, 6.45) is 6.38. The number of aryl methyl sites for hydroxylation is 1. The lowest BCUT2D eigenvalue weighted by Gasteiger charge is -2.11. The van der Waals surface area contributed by atoms with Crippen molar-refractivity contribution < 1.29 is 0 Å². The molecule has 3 heteroatoms. The van der Waals surface area contributed by atoms with Gasteiger partial charge in [-0.15, -0.1) is 0 Å². The Balaban J connectivity index is 1.75. The number of hydrogen-bond acceptors (Lipinski definition) is 2. The predicted octanol–water partition coefficient (Wildman–Crippen LogP) is 5.01. The van der Waals surface area contributed by atoms with E-state index in [0.717, 1.165) is 39.0 Å². The third-order valence-corrected chi connectivity index (χ3v) is 4.76. The van der Waals surface area contributed by atoms with Crippen LogP contribution in [0.4, 0.5) is 0 Å². The predicted molar refractivity (Wildman–Crippen MR) is 99.0 cm³/mol. The van der Waals surface area contributed by atoms with Gasteiger partial charge in [-0.25, -0.2) is 4.52 Å². The quantitative estimate of drug-likeness (QED) is 0.677. The number of hydrogen-bond donors (Lipinski definition) is 0. The van der Waals surface area contributed by atoms with Crippen molar-refractivity contribution in [2.24, 2.45) is 0 Å². The van der Waals surface area contributed by atoms with E-state index in [2.05, 4.69) is 49.4 Å². The zero-order valence-electron chi connectivity index (χ0n) is 14.2. The molecular weight excluding hydrogens is 294 g/mol. The van der Waals surface area contributed by atoms with Crippen molar-refractivity contribution >= 4 is 16.7 Å². The summed E-state index contributed by atoms with van der Waals surface area (Å²) in [6.45, 7) is 12.4. The molecule has 0 spiro atoms. The molecule has 1 aliphatic carbocycles. The summed E-state index contributed by atoms with van der Waals surface area (Å²) < 4.78 is 1.88. The SMILES string of the molecule is C=C(c1ccn2ncc(C(=C)C)c2c1)c1ccc(C2CC2)nc1C. The average Bonchev–Trinajstić information content (AvgIpc) is 3.32. The van der Waals surface area contributed by atoms with Crippen LogP contribution < -0.4 is 0 Å². The molecule has 0 bridgehead atoms. The maximum atomic E-state index is 4.79. The normalized spacial score (nSPS) is 14.1. The van der Waals surface area contributed by atoms with E-state index >= 15 is 0 Å². The number of pyridine rings is 2. The molecule has 1 fully saturated rings. The molecular formula is C21H21N3. The lowest BCUT2D eigenvalue weighted by molar-refractivity contribution is 0.959. The second-order valence-corrected chi connectivity index (χ2v) is 6.71. The zero-order valence-corrected chi connectivity index (χ0v) is 14.2. The summed E-state index contributed by atoms with van der Waals surface area (Å²) in [5, 5.41) is 4.38. The lowest BCUT2D eigenvalue weighted by Crippen LogP contribution is -1.97. The van der Waals surface area contributed by atoms with Crippen LogP contribution in [-0.2, 0) is 0 Å². The molecule has 0 saturated heterocycles. The molecule has 1 saturated carbocycles. The Morgan fingerprint density at radius 3 is 2.62 bits per heavy atom. The van der Waals surface area contributed by atoms with Crippen LogP contribution in [0.1, 0.15) is 53.8 Å². The van der Waals surface area contributed by atoms with E-state index in [1.807, 2.05) is 23.8 Å².